The van der Waals surface area contributed by atoms with Crippen LogP contribution in [0, 0.1) is 0 Å². The molecule has 0 heterocycles. The highest BCUT2D eigenvalue weighted by Gasteiger charge is 2.13. The molecule has 3 aromatic rings. The third-order valence-corrected chi connectivity index (χ3v) is 4.21. The second kappa shape index (κ2) is 10.6. The molecule has 0 saturated carbocycles. The third kappa shape index (κ3) is 6.02. The third-order valence-electron chi connectivity index (χ3n) is 4.21. The Hall–Kier alpha value is -2.49. The van der Waals surface area contributed by atoms with Crippen molar-refractivity contribution in [3.8, 4) is 23.0 Å². The lowest BCUT2D eigenvalue weighted by Crippen LogP contribution is -2.10. The van der Waals surface area contributed by atoms with Crippen molar-refractivity contribution in [1.29, 1.82) is 0 Å². The first-order chi connectivity index (χ1) is 12.8. The second-order valence-electron chi connectivity index (χ2n) is 6.29. The molecule has 3 rings (SSSR count). The molecule has 0 unspecified atom stereocenters. The Bertz CT molecular complexity index is 809. The van der Waals surface area contributed by atoms with Gasteiger partial charge in [-0.1, -0.05) is 62.2 Å². The van der Waals surface area contributed by atoms with Crippen LogP contribution < -0.4 is 15.2 Å². The summed E-state index contributed by atoms with van der Waals surface area (Å²) in [7, 11) is 0. The minimum absolute atomic E-state index is 0. The van der Waals surface area contributed by atoms with Gasteiger partial charge < -0.3 is 15.2 Å². The molecule has 0 aromatic heterocycles. The first-order valence-electron chi connectivity index (χ1n) is 9.11. The summed E-state index contributed by atoms with van der Waals surface area (Å²) in [5.41, 5.74) is 7.41. The molecular weight excluding hydrogens is 358 g/mol. The molecule has 142 valence electrons. The molecule has 0 fully saturated rings. The number of para-hydroxylation sites is 2. The van der Waals surface area contributed by atoms with Crippen LogP contribution in [-0.4, -0.2) is 0 Å². The maximum absolute atomic E-state index is 6.35. The summed E-state index contributed by atoms with van der Waals surface area (Å²) in [5, 5.41) is 0. The minimum atomic E-state index is -0.00107. The van der Waals surface area contributed by atoms with E-state index in [0.29, 0.717) is 11.5 Å². The fourth-order valence-electron chi connectivity index (χ4n) is 2.74. The van der Waals surface area contributed by atoms with E-state index in [0.717, 1.165) is 36.3 Å². The van der Waals surface area contributed by atoms with Crippen LogP contribution in [0.3, 0.4) is 0 Å². The smallest absolute Gasteiger partial charge is 0.170 e. The van der Waals surface area contributed by atoms with Crippen LogP contribution in [0.1, 0.15) is 37.8 Å². The van der Waals surface area contributed by atoms with E-state index in [1.807, 2.05) is 78.9 Å². The van der Waals surface area contributed by atoms with E-state index in [2.05, 4.69) is 6.92 Å². The van der Waals surface area contributed by atoms with Crippen molar-refractivity contribution >= 4 is 12.4 Å². The first kappa shape index (κ1) is 20.8. The van der Waals surface area contributed by atoms with Gasteiger partial charge in [-0.3, -0.25) is 0 Å². The number of benzene rings is 3. The van der Waals surface area contributed by atoms with Crippen molar-refractivity contribution in [2.45, 2.75) is 32.2 Å². The monoisotopic (exact) mass is 383 g/mol. The largest absolute Gasteiger partial charge is 0.453 e. The Morgan fingerprint density at radius 3 is 1.89 bits per heavy atom. The predicted octanol–water partition coefficient (Wildman–Crippen LogP) is 6.88. The number of hydrogen-bond donors (Lipinski definition) is 1. The van der Waals surface area contributed by atoms with Crippen LogP contribution in [0.2, 0.25) is 0 Å². The van der Waals surface area contributed by atoms with E-state index in [9.17, 15) is 0 Å². The van der Waals surface area contributed by atoms with Crippen LogP contribution >= 0.6 is 12.4 Å². The standard InChI is InChI=1S/C23H25NO2.ClH/c1-2-3-14-21(24)18-15-16-22(25-19-10-6-4-7-11-19)23(17-18)26-20-12-8-5-9-13-20;/h4-13,15-17,21H,2-3,14,24H2,1H3;1H/t21-;/m1./s1. The molecule has 0 radical (unpaired) electrons. The van der Waals surface area contributed by atoms with Gasteiger partial charge in [0.2, 0.25) is 0 Å². The van der Waals surface area contributed by atoms with Crippen LogP contribution in [0.25, 0.3) is 0 Å². The molecule has 0 saturated heterocycles. The van der Waals surface area contributed by atoms with E-state index in [1.165, 1.54) is 0 Å². The fourth-order valence-corrected chi connectivity index (χ4v) is 2.74. The summed E-state index contributed by atoms with van der Waals surface area (Å²) in [6, 6.07) is 25.4. The normalized spacial score (nSPS) is 11.3. The molecule has 27 heavy (non-hydrogen) atoms. The number of rotatable bonds is 8. The molecule has 0 aliphatic rings. The van der Waals surface area contributed by atoms with Crippen LogP contribution in [0.15, 0.2) is 78.9 Å². The number of hydrogen-bond acceptors (Lipinski definition) is 3. The SMILES string of the molecule is CCCC[C@@H](N)c1ccc(Oc2ccccc2)c(Oc2ccccc2)c1.Cl. The number of unbranched alkanes of at least 4 members (excludes halogenated alkanes) is 1. The maximum Gasteiger partial charge on any atom is 0.170 e. The molecular formula is C23H26ClNO2. The molecule has 4 heteroatoms. The molecule has 1 atom stereocenters. The van der Waals surface area contributed by atoms with Crippen molar-refractivity contribution in [2.24, 2.45) is 5.73 Å². The van der Waals surface area contributed by atoms with Gasteiger partial charge in [-0.25, -0.2) is 0 Å². The van der Waals surface area contributed by atoms with Gasteiger partial charge in [0.25, 0.3) is 0 Å². The lowest BCUT2D eigenvalue weighted by Gasteiger charge is -2.17. The summed E-state index contributed by atoms with van der Waals surface area (Å²) >= 11 is 0. The Morgan fingerprint density at radius 1 is 0.778 bits per heavy atom. The Labute approximate surface area is 167 Å². The van der Waals surface area contributed by atoms with E-state index >= 15 is 0 Å². The van der Waals surface area contributed by atoms with Crippen LogP contribution in [0.4, 0.5) is 0 Å². The highest BCUT2D eigenvalue weighted by atomic mass is 35.5. The van der Waals surface area contributed by atoms with Gasteiger partial charge in [0, 0.05) is 6.04 Å². The second-order valence-corrected chi connectivity index (χ2v) is 6.29. The molecule has 0 amide bonds. The van der Waals surface area contributed by atoms with Crippen LogP contribution in [-0.2, 0) is 0 Å². The predicted molar refractivity (Wildman–Crippen MR) is 113 cm³/mol. The molecule has 0 spiro atoms. The zero-order valence-electron chi connectivity index (χ0n) is 15.5. The van der Waals surface area contributed by atoms with Gasteiger partial charge in [-0.2, -0.15) is 0 Å². The average molecular weight is 384 g/mol. The van der Waals surface area contributed by atoms with Crippen molar-refractivity contribution in [3.63, 3.8) is 0 Å². The van der Waals surface area contributed by atoms with Gasteiger partial charge >= 0.3 is 0 Å². The molecule has 0 bridgehead atoms. The zero-order chi connectivity index (χ0) is 18.2. The van der Waals surface area contributed by atoms with E-state index in [1.54, 1.807) is 0 Å². The Kier molecular flexibility index (Phi) is 8.18. The summed E-state index contributed by atoms with van der Waals surface area (Å²) in [6.07, 6.45) is 3.20. The summed E-state index contributed by atoms with van der Waals surface area (Å²) < 4.78 is 12.1. The van der Waals surface area contributed by atoms with Gasteiger partial charge in [0.1, 0.15) is 11.5 Å². The lowest BCUT2D eigenvalue weighted by atomic mass is 10.0. The van der Waals surface area contributed by atoms with Crippen molar-refractivity contribution in [1.82, 2.24) is 0 Å². The number of nitrogens with two attached hydrogens (primary N) is 1. The van der Waals surface area contributed by atoms with Crippen molar-refractivity contribution < 1.29 is 9.47 Å². The number of halogens is 1. The van der Waals surface area contributed by atoms with Gasteiger partial charge in [-0.15, -0.1) is 12.4 Å². The number of ether oxygens (including phenoxy) is 2. The zero-order valence-corrected chi connectivity index (χ0v) is 16.3. The Morgan fingerprint density at radius 2 is 1.33 bits per heavy atom. The molecule has 3 aromatic carbocycles. The minimum Gasteiger partial charge on any atom is -0.453 e. The topological polar surface area (TPSA) is 44.5 Å². The molecule has 3 nitrogen and oxygen atoms in total. The Balaban J connectivity index is 0.00000261. The first-order valence-corrected chi connectivity index (χ1v) is 9.11. The van der Waals surface area contributed by atoms with Gasteiger partial charge in [0.15, 0.2) is 11.5 Å². The molecule has 0 aliphatic heterocycles. The summed E-state index contributed by atoms with van der Waals surface area (Å²) in [6.45, 7) is 2.17. The van der Waals surface area contributed by atoms with Crippen LogP contribution in [0.5, 0.6) is 23.0 Å². The molecule has 0 aliphatic carbocycles. The van der Waals surface area contributed by atoms with Gasteiger partial charge in [0.05, 0.1) is 0 Å². The quantitative estimate of drug-likeness (QED) is 0.461. The summed E-state index contributed by atoms with van der Waals surface area (Å²) in [4.78, 5) is 0. The maximum atomic E-state index is 6.35. The lowest BCUT2D eigenvalue weighted by molar-refractivity contribution is 0.417. The summed E-state index contributed by atoms with van der Waals surface area (Å²) in [5.74, 6) is 2.88. The van der Waals surface area contributed by atoms with E-state index in [4.69, 9.17) is 15.2 Å². The van der Waals surface area contributed by atoms with E-state index in [-0.39, 0.29) is 18.4 Å². The highest BCUT2D eigenvalue weighted by molar-refractivity contribution is 5.85. The van der Waals surface area contributed by atoms with E-state index < -0.39 is 0 Å². The highest BCUT2D eigenvalue weighted by Crippen LogP contribution is 2.37. The average Bonchev–Trinajstić information content (AvgIpc) is 2.69. The van der Waals surface area contributed by atoms with Gasteiger partial charge in [-0.05, 0) is 48.4 Å². The van der Waals surface area contributed by atoms with Crippen molar-refractivity contribution in [2.75, 3.05) is 0 Å². The fraction of sp³-hybridized carbons (Fsp3) is 0.217. The molecule has 2 N–H and O–H groups in total. The van der Waals surface area contributed by atoms with Crippen molar-refractivity contribution in [3.05, 3.63) is 84.4 Å².